The third-order valence-corrected chi connectivity index (χ3v) is 6.45. The molecule has 0 saturated heterocycles. The number of hydrogen-bond donors (Lipinski definition) is 1. The number of amides is 1. The van der Waals surface area contributed by atoms with Gasteiger partial charge < -0.3 is 5.32 Å². The summed E-state index contributed by atoms with van der Waals surface area (Å²) in [6, 6.07) is 8.21. The van der Waals surface area contributed by atoms with Crippen molar-refractivity contribution in [1.29, 1.82) is 0 Å². The van der Waals surface area contributed by atoms with Crippen LogP contribution in [0.3, 0.4) is 0 Å². The molecule has 2 heterocycles. The third kappa shape index (κ3) is 2.51. The summed E-state index contributed by atoms with van der Waals surface area (Å²) < 4.78 is 1.10. The smallest absolute Gasteiger partial charge is 0.251 e. The van der Waals surface area contributed by atoms with Gasteiger partial charge in [-0.15, -0.1) is 11.3 Å². The monoisotopic (exact) mass is 399 g/mol. The number of halogens is 2. The van der Waals surface area contributed by atoms with E-state index in [2.05, 4.69) is 54.7 Å². The number of benzene rings is 1. The molecule has 2 nitrogen and oxygen atoms in total. The number of nitrogens with one attached hydrogen (secondary N) is 1. The molecule has 19 heavy (non-hydrogen) atoms. The molecule has 1 aromatic heterocycles. The van der Waals surface area contributed by atoms with Crippen LogP contribution >= 0.6 is 43.2 Å². The largest absolute Gasteiger partial charge is 0.352 e. The number of rotatable bonds is 2. The normalized spacial score (nSPS) is 15.8. The van der Waals surface area contributed by atoms with Crippen LogP contribution < -0.4 is 5.32 Å². The average Bonchev–Trinajstić information content (AvgIpc) is 2.84. The fourth-order valence-corrected chi connectivity index (χ4v) is 4.99. The second-order valence-corrected chi connectivity index (χ2v) is 7.14. The first-order chi connectivity index (χ1) is 9.16. The molecule has 0 spiro atoms. The van der Waals surface area contributed by atoms with Gasteiger partial charge in [0.2, 0.25) is 0 Å². The first kappa shape index (κ1) is 13.3. The Balaban J connectivity index is 2.00. The molecule has 2 aromatic rings. The van der Waals surface area contributed by atoms with Gasteiger partial charge in [-0.3, -0.25) is 4.79 Å². The van der Waals surface area contributed by atoms with Gasteiger partial charge in [0.15, 0.2) is 0 Å². The van der Waals surface area contributed by atoms with Crippen LogP contribution in [0.5, 0.6) is 0 Å². The molecule has 1 aliphatic heterocycles. The van der Waals surface area contributed by atoms with Gasteiger partial charge in [-0.25, -0.2) is 0 Å². The van der Waals surface area contributed by atoms with E-state index in [1.165, 1.54) is 4.88 Å². The summed E-state index contributed by atoms with van der Waals surface area (Å²) >= 11 is 8.97. The molecule has 1 unspecified atom stereocenters. The summed E-state index contributed by atoms with van der Waals surface area (Å²) in [6.45, 7) is 0.736. The maximum absolute atomic E-state index is 11.9. The second kappa shape index (κ2) is 5.38. The van der Waals surface area contributed by atoms with Gasteiger partial charge in [-0.05, 0) is 51.0 Å². The lowest BCUT2D eigenvalue weighted by Crippen LogP contribution is -2.31. The molecule has 1 aliphatic rings. The van der Waals surface area contributed by atoms with E-state index in [1.807, 2.05) is 12.1 Å². The molecule has 3 rings (SSSR count). The van der Waals surface area contributed by atoms with E-state index in [0.717, 1.165) is 34.1 Å². The summed E-state index contributed by atoms with van der Waals surface area (Å²) in [5, 5.41) is 4.94. The van der Waals surface area contributed by atoms with E-state index in [-0.39, 0.29) is 10.7 Å². The second-order valence-electron chi connectivity index (χ2n) is 4.42. The molecule has 0 radical (unpaired) electrons. The number of hydrogen-bond acceptors (Lipinski definition) is 2. The molecule has 0 aliphatic carbocycles. The van der Waals surface area contributed by atoms with Gasteiger partial charge >= 0.3 is 0 Å². The van der Waals surface area contributed by atoms with E-state index >= 15 is 0 Å². The highest BCUT2D eigenvalue weighted by atomic mass is 79.9. The summed E-state index contributed by atoms with van der Waals surface area (Å²) in [4.78, 5) is 13.2. The lowest BCUT2D eigenvalue weighted by molar-refractivity contribution is 0.0946. The Kier molecular flexibility index (Phi) is 3.78. The molecule has 0 fully saturated rings. The first-order valence-corrected chi connectivity index (χ1v) is 8.53. The zero-order valence-electron chi connectivity index (χ0n) is 9.95. The molecule has 5 heteroatoms. The van der Waals surface area contributed by atoms with E-state index < -0.39 is 0 Å². The van der Waals surface area contributed by atoms with Crippen LogP contribution in [0.2, 0.25) is 0 Å². The Morgan fingerprint density at radius 2 is 2.16 bits per heavy atom. The summed E-state index contributed by atoms with van der Waals surface area (Å²) in [5.41, 5.74) is 3.05. The van der Waals surface area contributed by atoms with Crippen molar-refractivity contribution in [2.45, 2.75) is 11.2 Å². The molecule has 0 bridgehead atoms. The molecular formula is C14H11Br2NOS. The predicted molar refractivity (Wildman–Crippen MR) is 85.3 cm³/mol. The van der Waals surface area contributed by atoms with Gasteiger partial charge in [0.25, 0.3) is 5.91 Å². The number of thiophene rings is 1. The fourth-order valence-electron chi connectivity index (χ4n) is 2.22. The number of carbonyl (C=O) groups excluding carboxylic acids is 1. The standard InChI is InChI=1S/C14H11Br2NOS/c15-11-4-6-19-13(11)12(16)9-2-1-8-3-5-17-14(18)10(8)7-9/h1-2,4,6-7,12H,3,5H2,(H,17,18). The molecule has 98 valence electrons. The summed E-state index contributed by atoms with van der Waals surface area (Å²) in [6.07, 6.45) is 0.914. The molecule has 1 aromatic carbocycles. The Morgan fingerprint density at radius 1 is 1.32 bits per heavy atom. The third-order valence-electron chi connectivity index (χ3n) is 3.23. The van der Waals surface area contributed by atoms with Crippen LogP contribution in [0, 0.1) is 0 Å². The Bertz CT molecular complexity index is 638. The van der Waals surface area contributed by atoms with Crippen molar-refractivity contribution in [1.82, 2.24) is 5.32 Å². The highest BCUT2D eigenvalue weighted by Gasteiger charge is 2.20. The SMILES string of the molecule is O=C1NCCc2ccc(C(Br)c3sccc3Br)cc21. The van der Waals surface area contributed by atoms with Crippen molar-refractivity contribution in [2.24, 2.45) is 0 Å². The highest BCUT2D eigenvalue weighted by Crippen LogP contribution is 2.39. The molecular weight excluding hydrogens is 390 g/mol. The minimum absolute atomic E-state index is 0.0352. The van der Waals surface area contributed by atoms with Crippen LogP contribution in [0.15, 0.2) is 34.1 Å². The maximum Gasteiger partial charge on any atom is 0.251 e. The van der Waals surface area contributed by atoms with Gasteiger partial charge in [0.1, 0.15) is 0 Å². The summed E-state index contributed by atoms with van der Waals surface area (Å²) in [7, 11) is 0. The topological polar surface area (TPSA) is 29.1 Å². The van der Waals surface area contributed by atoms with Crippen molar-refractivity contribution in [3.8, 4) is 0 Å². The van der Waals surface area contributed by atoms with Crippen molar-refractivity contribution in [3.05, 3.63) is 55.7 Å². The molecule has 1 N–H and O–H groups in total. The lowest BCUT2D eigenvalue weighted by Gasteiger charge is -2.18. The van der Waals surface area contributed by atoms with Gasteiger partial charge in [0, 0.05) is 21.5 Å². The van der Waals surface area contributed by atoms with Crippen LogP contribution in [0.4, 0.5) is 0 Å². The van der Waals surface area contributed by atoms with Gasteiger partial charge in [-0.2, -0.15) is 0 Å². The lowest BCUT2D eigenvalue weighted by atomic mass is 9.96. The summed E-state index contributed by atoms with van der Waals surface area (Å²) in [5.74, 6) is 0.0352. The first-order valence-electron chi connectivity index (χ1n) is 5.95. The highest BCUT2D eigenvalue weighted by molar-refractivity contribution is 9.11. The molecule has 1 amide bonds. The van der Waals surface area contributed by atoms with E-state index in [4.69, 9.17) is 0 Å². The Morgan fingerprint density at radius 3 is 2.89 bits per heavy atom. The van der Waals surface area contributed by atoms with Crippen molar-refractivity contribution in [2.75, 3.05) is 6.54 Å². The minimum Gasteiger partial charge on any atom is -0.352 e. The van der Waals surface area contributed by atoms with E-state index in [9.17, 15) is 4.79 Å². The van der Waals surface area contributed by atoms with Gasteiger partial charge in [-0.1, -0.05) is 28.1 Å². The van der Waals surface area contributed by atoms with Crippen LogP contribution in [-0.2, 0) is 6.42 Å². The Labute approximate surface area is 132 Å². The number of carbonyl (C=O) groups is 1. The zero-order valence-corrected chi connectivity index (χ0v) is 13.9. The van der Waals surface area contributed by atoms with Crippen LogP contribution in [0.1, 0.15) is 31.2 Å². The van der Waals surface area contributed by atoms with Crippen LogP contribution in [-0.4, -0.2) is 12.5 Å². The molecule has 1 atom stereocenters. The van der Waals surface area contributed by atoms with Crippen molar-refractivity contribution >= 4 is 49.1 Å². The van der Waals surface area contributed by atoms with Gasteiger partial charge in [0.05, 0.1) is 4.83 Å². The zero-order chi connectivity index (χ0) is 13.4. The average molecular weight is 401 g/mol. The molecule has 0 saturated carbocycles. The fraction of sp³-hybridized carbons (Fsp3) is 0.214. The van der Waals surface area contributed by atoms with E-state index in [0.29, 0.717) is 0 Å². The van der Waals surface area contributed by atoms with Crippen LogP contribution in [0.25, 0.3) is 0 Å². The van der Waals surface area contributed by atoms with E-state index in [1.54, 1.807) is 11.3 Å². The van der Waals surface area contributed by atoms with Crippen molar-refractivity contribution < 1.29 is 4.79 Å². The van der Waals surface area contributed by atoms with Crippen molar-refractivity contribution in [3.63, 3.8) is 0 Å². The minimum atomic E-state index is 0.0352. The Hall–Kier alpha value is -0.650. The predicted octanol–water partition coefficient (Wildman–Crippen LogP) is 4.28. The number of alkyl halides is 1. The number of fused-ring (bicyclic) bond motifs is 1. The quantitative estimate of drug-likeness (QED) is 0.749. The maximum atomic E-state index is 11.9.